The van der Waals surface area contributed by atoms with Crippen LogP contribution in [0.1, 0.15) is 47.5 Å². The molecule has 0 fully saturated rings. The van der Waals surface area contributed by atoms with Crippen LogP contribution in [0.4, 0.5) is 5.69 Å². The SMILES string of the molecule is CCC(C)NS(=O)(=O)c1ccc(NC(=O)C(C)(C)CC)cc1. The Kier molecular flexibility index (Phi) is 6.14. The molecule has 0 bridgehead atoms. The second-order valence-corrected chi connectivity index (χ2v) is 7.86. The van der Waals surface area contributed by atoms with E-state index < -0.39 is 15.4 Å². The van der Waals surface area contributed by atoms with Crippen molar-refractivity contribution in [3.63, 3.8) is 0 Å². The summed E-state index contributed by atoms with van der Waals surface area (Å²) in [6.07, 6.45) is 1.45. The van der Waals surface area contributed by atoms with E-state index in [1.807, 2.05) is 34.6 Å². The second kappa shape index (κ2) is 7.24. The molecule has 1 amide bonds. The smallest absolute Gasteiger partial charge is 0.240 e. The molecule has 1 rings (SSSR count). The molecule has 22 heavy (non-hydrogen) atoms. The van der Waals surface area contributed by atoms with Crippen molar-refractivity contribution in [2.24, 2.45) is 5.41 Å². The summed E-state index contributed by atoms with van der Waals surface area (Å²) in [6.45, 7) is 9.44. The predicted octanol–water partition coefficient (Wildman–Crippen LogP) is 3.14. The minimum atomic E-state index is -3.51. The quantitative estimate of drug-likeness (QED) is 0.808. The number of carbonyl (C=O) groups is 1. The Bertz CT molecular complexity index is 607. The molecule has 0 heterocycles. The van der Waals surface area contributed by atoms with Crippen LogP contribution in [0.25, 0.3) is 0 Å². The van der Waals surface area contributed by atoms with Crippen LogP contribution >= 0.6 is 0 Å². The topological polar surface area (TPSA) is 75.3 Å². The molecule has 0 spiro atoms. The summed E-state index contributed by atoms with van der Waals surface area (Å²) >= 11 is 0. The fourth-order valence-corrected chi connectivity index (χ4v) is 2.92. The molecule has 0 aromatic heterocycles. The third kappa shape index (κ3) is 4.81. The van der Waals surface area contributed by atoms with Crippen molar-refractivity contribution in [2.45, 2.75) is 58.4 Å². The average Bonchev–Trinajstić information content (AvgIpc) is 2.47. The Labute approximate surface area is 133 Å². The van der Waals surface area contributed by atoms with Crippen molar-refractivity contribution in [1.82, 2.24) is 4.72 Å². The fraction of sp³-hybridized carbons (Fsp3) is 0.562. The van der Waals surface area contributed by atoms with E-state index in [4.69, 9.17) is 0 Å². The Balaban J connectivity index is 2.85. The Hall–Kier alpha value is -1.40. The van der Waals surface area contributed by atoms with E-state index in [0.717, 1.165) is 12.8 Å². The number of rotatable bonds is 7. The van der Waals surface area contributed by atoms with Gasteiger partial charge < -0.3 is 5.32 Å². The molecule has 0 saturated carbocycles. The Morgan fingerprint density at radius 1 is 1.18 bits per heavy atom. The largest absolute Gasteiger partial charge is 0.326 e. The highest BCUT2D eigenvalue weighted by atomic mass is 32.2. The summed E-state index contributed by atoms with van der Waals surface area (Å²) in [4.78, 5) is 12.3. The van der Waals surface area contributed by atoms with Crippen LogP contribution in [0.2, 0.25) is 0 Å². The van der Waals surface area contributed by atoms with Gasteiger partial charge in [-0.05, 0) is 44.0 Å². The standard InChI is InChI=1S/C16H26N2O3S/c1-6-12(3)18-22(20,21)14-10-8-13(9-11-14)17-15(19)16(4,5)7-2/h8-12,18H,6-7H2,1-5H3,(H,17,19). The summed E-state index contributed by atoms with van der Waals surface area (Å²) in [7, 11) is -3.51. The van der Waals surface area contributed by atoms with Gasteiger partial charge >= 0.3 is 0 Å². The first-order valence-corrected chi connectivity index (χ1v) is 9.04. The van der Waals surface area contributed by atoms with Crippen LogP contribution in [-0.4, -0.2) is 20.4 Å². The van der Waals surface area contributed by atoms with Crippen molar-refractivity contribution in [1.29, 1.82) is 0 Å². The van der Waals surface area contributed by atoms with Gasteiger partial charge in [-0.3, -0.25) is 4.79 Å². The highest BCUT2D eigenvalue weighted by Gasteiger charge is 2.25. The third-order valence-electron chi connectivity index (χ3n) is 3.89. The maximum Gasteiger partial charge on any atom is 0.240 e. The summed E-state index contributed by atoms with van der Waals surface area (Å²) in [5.74, 6) is -0.0802. The minimum Gasteiger partial charge on any atom is -0.326 e. The first-order valence-electron chi connectivity index (χ1n) is 7.56. The first kappa shape index (κ1) is 18.6. The summed E-state index contributed by atoms with van der Waals surface area (Å²) in [5, 5.41) is 2.81. The molecule has 1 aromatic rings. The minimum absolute atomic E-state index is 0.0802. The monoisotopic (exact) mass is 326 g/mol. The van der Waals surface area contributed by atoms with Crippen molar-refractivity contribution in [3.05, 3.63) is 24.3 Å². The molecule has 0 radical (unpaired) electrons. The molecule has 1 atom stereocenters. The molecule has 1 aromatic carbocycles. The van der Waals surface area contributed by atoms with E-state index in [9.17, 15) is 13.2 Å². The van der Waals surface area contributed by atoms with Crippen molar-refractivity contribution in [2.75, 3.05) is 5.32 Å². The van der Waals surface area contributed by atoms with Crippen LogP contribution in [0.5, 0.6) is 0 Å². The van der Waals surface area contributed by atoms with E-state index >= 15 is 0 Å². The van der Waals surface area contributed by atoms with E-state index in [0.29, 0.717) is 5.69 Å². The van der Waals surface area contributed by atoms with Crippen molar-refractivity contribution in [3.8, 4) is 0 Å². The van der Waals surface area contributed by atoms with Crippen LogP contribution < -0.4 is 10.0 Å². The lowest BCUT2D eigenvalue weighted by atomic mass is 9.89. The molecule has 1 unspecified atom stereocenters. The van der Waals surface area contributed by atoms with Gasteiger partial charge in [0.25, 0.3) is 0 Å². The maximum atomic E-state index is 12.1. The number of amides is 1. The molecule has 2 N–H and O–H groups in total. The molecule has 0 saturated heterocycles. The van der Waals surface area contributed by atoms with E-state index in [1.165, 1.54) is 12.1 Å². The van der Waals surface area contributed by atoms with Crippen LogP contribution in [0.15, 0.2) is 29.2 Å². The van der Waals surface area contributed by atoms with Gasteiger partial charge in [-0.15, -0.1) is 0 Å². The van der Waals surface area contributed by atoms with Gasteiger partial charge in [-0.2, -0.15) is 0 Å². The molecule has 0 aliphatic rings. The zero-order valence-corrected chi connectivity index (χ0v) is 14.8. The summed E-state index contributed by atoms with van der Waals surface area (Å²) in [6, 6.07) is 6.09. The van der Waals surface area contributed by atoms with Crippen LogP contribution in [0.3, 0.4) is 0 Å². The molecule has 0 aliphatic carbocycles. The molecule has 124 valence electrons. The van der Waals surface area contributed by atoms with Crippen molar-refractivity contribution >= 4 is 21.6 Å². The maximum absolute atomic E-state index is 12.1. The zero-order chi connectivity index (χ0) is 17.0. The molecule has 0 aliphatic heterocycles. The average molecular weight is 326 g/mol. The number of anilines is 1. The Morgan fingerprint density at radius 2 is 1.73 bits per heavy atom. The predicted molar refractivity (Wildman–Crippen MR) is 89.2 cm³/mol. The van der Waals surface area contributed by atoms with Crippen LogP contribution in [0, 0.1) is 5.41 Å². The zero-order valence-electron chi connectivity index (χ0n) is 13.9. The third-order valence-corrected chi connectivity index (χ3v) is 5.50. The number of nitrogens with one attached hydrogen (secondary N) is 2. The normalized spacial score (nSPS) is 13.7. The van der Waals surface area contributed by atoms with Gasteiger partial charge in [0.15, 0.2) is 0 Å². The van der Waals surface area contributed by atoms with Crippen molar-refractivity contribution < 1.29 is 13.2 Å². The highest BCUT2D eigenvalue weighted by molar-refractivity contribution is 7.89. The second-order valence-electron chi connectivity index (χ2n) is 6.15. The molecular formula is C16H26N2O3S. The van der Waals surface area contributed by atoms with Gasteiger partial charge in [0.1, 0.15) is 0 Å². The molecule has 6 heteroatoms. The van der Waals surface area contributed by atoms with E-state index in [2.05, 4.69) is 10.0 Å². The van der Waals surface area contributed by atoms with Crippen LogP contribution in [-0.2, 0) is 14.8 Å². The van der Waals surface area contributed by atoms with Gasteiger partial charge in [0.2, 0.25) is 15.9 Å². The van der Waals surface area contributed by atoms with E-state index in [1.54, 1.807) is 12.1 Å². The lowest BCUT2D eigenvalue weighted by molar-refractivity contribution is -0.124. The fourth-order valence-electron chi connectivity index (χ4n) is 1.59. The lowest BCUT2D eigenvalue weighted by Crippen LogP contribution is -2.32. The Morgan fingerprint density at radius 3 is 2.18 bits per heavy atom. The number of sulfonamides is 1. The number of hydrogen-bond donors (Lipinski definition) is 2. The molecule has 5 nitrogen and oxygen atoms in total. The highest BCUT2D eigenvalue weighted by Crippen LogP contribution is 2.23. The summed E-state index contributed by atoms with van der Waals surface area (Å²) in [5.41, 5.74) is 0.136. The number of hydrogen-bond acceptors (Lipinski definition) is 3. The molecular weight excluding hydrogens is 300 g/mol. The van der Waals surface area contributed by atoms with Gasteiger partial charge in [-0.1, -0.05) is 27.7 Å². The van der Waals surface area contributed by atoms with Gasteiger partial charge in [0, 0.05) is 17.1 Å². The first-order chi connectivity index (χ1) is 10.1. The van der Waals surface area contributed by atoms with Gasteiger partial charge in [-0.25, -0.2) is 13.1 Å². The van der Waals surface area contributed by atoms with E-state index in [-0.39, 0.29) is 16.8 Å². The summed E-state index contributed by atoms with van der Waals surface area (Å²) < 4.78 is 26.9. The van der Waals surface area contributed by atoms with Gasteiger partial charge in [0.05, 0.1) is 4.90 Å². The lowest BCUT2D eigenvalue weighted by Gasteiger charge is -2.21. The number of benzene rings is 1. The number of carbonyl (C=O) groups excluding carboxylic acids is 1.